The molecule has 0 bridgehead atoms. The molecule has 0 saturated heterocycles. The number of hydrogen-bond donors (Lipinski definition) is 2. The van der Waals surface area contributed by atoms with E-state index >= 15 is 0 Å². The van der Waals surface area contributed by atoms with E-state index in [2.05, 4.69) is 10.5 Å². The molecule has 1 aromatic heterocycles. The minimum absolute atomic E-state index is 0.0466. The van der Waals surface area contributed by atoms with Crippen molar-refractivity contribution in [3.05, 3.63) is 40.8 Å². The van der Waals surface area contributed by atoms with Gasteiger partial charge in [-0.1, -0.05) is 0 Å². The zero-order chi connectivity index (χ0) is 13.1. The van der Waals surface area contributed by atoms with Crippen LogP contribution in [0.15, 0.2) is 44.6 Å². The topological polar surface area (TPSA) is 91.9 Å². The van der Waals surface area contributed by atoms with Gasteiger partial charge >= 0.3 is 11.6 Å². The second kappa shape index (κ2) is 4.70. The fraction of sp³-hybridized carbons (Fsp3) is 0.0833. The normalized spacial score (nSPS) is 11.5. The first-order chi connectivity index (χ1) is 8.56. The maximum Gasteiger partial charge on any atom is 0.351 e. The van der Waals surface area contributed by atoms with Gasteiger partial charge < -0.3 is 9.52 Å². The van der Waals surface area contributed by atoms with Crippen LogP contribution in [0.2, 0.25) is 0 Å². The summed E-state index contributed by atoms with van der Waals surface area (Å²) in [4.78, 5) is 21.5. The average Bonchev–Trinajstić information content (AvgIpc) is 2.35. The Morgan fingerprint density at radius 3 is 2.83 bits per heavy atom. The molecule has 1 aromatic carbocycles. The highest BCUT2D eigenvalue weighted by Gasteiger charge is 2.02. The van der Waals surface area contributed by atoms with Gasteiger partial charge in [-0.25, -0.2) is 9.59 Å². The number of benzene rings is 1. The van der Waals surface area contributed by atoms with E-state index in [0.29, 0.717) is 11.3 Å². The van der Waals surface area contributed by atoms with Crippen LogP contribution in [0, 0.1) is 0 Å². The number of anilines is 1. The lowest BCUT2D eigenvalue weighted by Gasteiger charge is -2.02. The maximum atomic E-state index is 11.0. The molecule has 0 amide bonds. The Balaban J connectivity index is 2.31. The van der Waals surface area contributed by atoms with Crippen molar-refractivity contribution in [2.24, 2.45) is 5.10 Å². The van der Waals surface area contributed by atoms with Crippen molar-refractivity contribution in [2.45, 2.75) is 6.92 Å². The molecule has 1 heterocycles. The Kier molecular flexibility index (Phi) is 3.09. The lowest BCUT2D eigenvalue weighted by Crippen LogP contribution is -2.10. The van der Waals surface area contributed by atoms with Gasteiger partial charge in [0, 0.05) is 11.5 Å². The van der Waals surface area contributed by atoms with E-state index in [-0.39, 0.29) is 5.71 Å². The quantitative estimate of drug-likeness (QED) is 0.488. The zero-order valence-corrected chi connectivity index (χ0v) is 9.51. The number of hydrazone groups is 1. The number of carbonyl (C=O) groups is 1. The van der Waals surface area contributed by atoms with E-state index in [9.17, 15) is 9.59 Å². The van der Waals surface area contributed by atoms with Crippen LogP contribution in [-0.2, 0) is 4.79 Å². The van der Waals surface area contributed by atoms with Crippen LogP contribution in [0.25, 0.3) is 11.0 Å². The van der Waals surface area contributed by atoms with Gasteiger partial charge in [0.25, 0.3) is 0 Å². The summed E-state index contributed by atoms with van der Waals surface area (Å²) in [5.74, 6) is -1.09. The van der Waals surface area contributed by atoms with E-state index in [0.717, 1.165) is 5.39 Å². The highest BCUT2D eigenvalue weighted by atomic mass is 16.4. The summed E-state index contributed by atoms with van der Waals surface area (Å²) in [5.41, 5.74) is 3.23. The maximum absolute atomic E-state index is 11.0. The highest BCUT2D eigenvalue weighted by molar-refractivity contribution is 6.34. The van der Waals surface area contributed by atoms with Crippen LogP contribution in [0.3, 0.4) is 0 Å². The van der Waals surface area contributed by atoms with Gasteiger partial charge in [0.05, 0.1) is 5.69 Å². The first-order valence-electron chi connectivity index (χ1n) is 5.14. The van der Waals surface area contributed by atoms with Gasteiger partial charge in [-0.3, -0.25) is 5.43 Å². The molecule has 92 valence electrons. The third kappa shape index (κ3) is 2.54. The van der Waals surface area contributed by atoms with Crippen molar-refractivity contribution >= 4 is 28.3 Å². The van der Waals surface area contributed by atoms with Crippen molar-refractivity contribution in [2.75, 3.05) is 5.43 Å². The van der Waals surface area contributed by atoms with Gasteiger partial charge in [-0.15, -0.1) is 0 Å². The Morgan fingerprint density at radius 2 is 2.11 bits per heavy atom. The van der Waals surface area contributed by atoms with Crippen LogP contribution in [0.4, 0.5) is 5.69 Å². The summed E-state index contributed by atoms with van der Waals surface area (Å²) in [6.07, 6.45) is 0. The number of aliphatic carboxylic acids is 1. The predicted molar refractivity (Wildman–Crippen MR) is 66.9 cm³/mol. The van der Waals surface area contributed by atoms with Gasteiger partial charge in [-0.2, -0.15) is 5.10 Å². The van der Waals surface area contributed by atoms with Crippen LogP contribution in [-0.4, -0.2) is 16.8 Å². The molecule has 6 nitrogen and oxygen atoms in total. The van der Waals surface area contributed by atoms with Gasteiger partial charge in [0.1, 0.15) is 11.3 Å². The van der Waals surface area contributed by atoms with E-state index < -0.39 is 11.6 Å². The highest BCUT2D eigenvalue weighted by Crippen LogP contribution is 2.17. The van der Waals surface area contributed by atoms with E-state index in [1.54, 1.807) is 24.3 Å². The fourth-order valence-electron chi connectivity index (χ4n) is 1.34. The Hall–Kier alpha value is -2.63. The Labute approximate surface area is 102 Å². The summed E-state index contributed by atoms with van der Waals surface area (Å²) in [6.45, 7) is 1.38. The molecule has 0 unspecified atom stereocenters. The van der Waals surface area contributed by atoms with Crippen LogP contribution >= 0.6 is 0 Å². The fourth-order valence-corrected chi connectivity index (χ4v) is 1.34. The van der Waals surface area contributed by atoms with E-state index in [1.165, 1.54) is 13.0 Å². The van der Waals surface area contributed by atoms with Crippen LogP contribution < -0.4 is 11.1 Å². The summed E-state index contributed by atoms with van der Waals surface area (Å²) >= 11 is 0. The van der Waals surface area contributed by atoms with E-state index in [4.69, 9.17) is 9.52 Å². The summed E-state index contributed by atoms with van der Waals surface area (Å²) < 4.78 is 4.97. The van der Waals surface area contributed by atoms with Gasteiger partial charge in [0.2, 0.25) is 0 Å². The van der Waals surface area contributed by atoms with Crippen molar-refractivity contribution < 1.29 is 14.3 Å². The third-order valence-electron chi connectivity index (χ3n) is 2.28. The first-order valence-corrected chi connectivity index (χ1v) is 5.14. The number of carboxylic acid groups (broad SMARTS) is 1. The number of carboxylic acids is 1. The monoisotopic (exact) mass is 246 g/mol. The number of rotatable bonds is 3. The predicted octanol–water partition coefficient (Wildman–Crippen LogP) is 1.67. The second-order valence-corrected chi connectivity index (χ2v) is 3.62. The molecule has 0 aliphatic carbocycles. The molecule has 0 fully saturated rings. The number of fused-ring (bicyclic) bond motifs is 1. The molecule has 2 aromatic rings. The lowest BCUT2D eigenvalue weighted by molar-refractivity contribution is -0.129. The molecule has 6 heteroatoms. The molecule has 0 aliphatic rings. The van der Waals surface area contributed by atoms with Gasteiger partial charge in [-0.05, 0) is 31.2 Å². The van der Waals surface area contributed by atoms with Crippen molar-refractivity contribution in [1.82, 2.24) is 0 Å². The Bertz CT molecular complexity index is 688. The SMILES string of the molecule is C/C(=N\Nc1ccc2oc(=O)ccc2c1)C(=O)O. The minimum Gasteiger partial charge on any atom is -0.477 e. The Morgan fingerprint density at radius 1 is 1.33 bits per heavy atom. The molecule has 2 rings (SSSR count). The molecule has 0 aliphatic heterocycles. The smallest absolute Gasteiger partial charge is 0.351 e. The second-order valence-electron chi connectivity index (χ2n) is 3.62. The van der Waals surface area contributed by atoms with Crippen molar-refractivity contribution in [1.29, 1.82) is 0 Å². The summed E-state index contributed by atoms with van der Waals surface area (Å²) in [5, 5.41) is 13.1. The van der Waals surface area contributed by atoms with Crippen LogP contribution in [0.1, 0.15) is 6.92 Å². The minimum atomic E-state index is -1.09. The molecule has 0 radical (unpaired) electrons. The molecule has 0 saturated carbocycles. The summed E-state index contributed by atoms with van der Waals surface area (Å²) in [6, 6.07) is 7.91. The number of nitrogens with zero attached hydrogens (tertiary/aromatic N) is 1. The molecule has 0 spiro atoms. The number of nitrogens with one attached hydrogen (secondary N) is 1. The van der Waals surface area contributed by atoms with Gasteiger partial charge in [0.15, 0.2) is 0 Å². The number of hydrogen-bond acceptors (Lipinski definition) is 5. The average molecular weight is 246 g/mol. The lowest BCUT2D eigenvalue weighted by atomic mass is 10.2. The standard InChI is InChI=1S/C12H10N2O4/c1-7(12(16)17)13-14-9-3-4-10-8(6-9)2-5-11(15)18-10/h2-6,14H,1H3,(H,16,17)/b13-7+. The molecular weight excluding hydrogens is 236 g/mol. The summed E-state index contributed by atoms with van der Waals surface area (Å²) in [7, 11) is 0. The zero-order valence-electron chi connectivity index (χ0n) is 9.51. The van der Waals surface area contributed by atoms with Crippen molar-refractivity contribution in [3.63, 3.8) is 0 Å². The van der Waals surface area contributed by atoms with Crippen LogP contribution in [0.5, 0.6) is 0 Å². The largest absolute Gasteiger partial charge is 0.477 e. The first kappa shape index (κ1) is 11.8. The molecule has 18 heavy (non-hydrogen) atoms. The third-order valence-corrected chi connectivity index (χ3v) is 2.28. The van der Waals surface area contributed by atoms with Crippen molar-refractivity contribution in [3.8, 4) is 0 Å². The molecular formula is C12H10N2O4. The van der Waals surface area contributed by atoms with E-state index in [1.807, 2.05) is 0 Å². The molecule has 0 atom stereocenters. The molecule has 2 N–H and O–H groups in total.